The van der Waals surface area contributed by atoms with Crippen molar-refractivity contribution in [2.75, 3.05) is 13.2 Å². The van der Waals surface area contributed by atoms with Crippen LogP contribution in [0.3, 0.4) is 0 Å². The Labute approximate surface area is 150 Å². The number of hydrogen-bond acceptors (Lipinski definition) is 6. The molecule has 0 unspecified atom stereocenters. The van der Waals surface area contributed by atoms with Gasteiger partial charge in [0.05, 0.1) is 12.1 Å². The third-order valence-corrected chi connectivity index (χ3v) is 4.61. The van der Waals surface area contributed by atoms with Gasteiger partial charge in [0.25, 0.3) is 5.91 Å². The molecule has 1 saturated heterocycles. The van der Waals surface area contributed by atoms with Crippen molar-refractivity contribution in [2.45, 2.75) is 32.9 Å². The first-order valence-electron chi connectivity index (χ1n) is 8.81. The van der Waals surface area contributed by atoms with E-state index in [1.165, 1.54) is 0 Å². The Morgan fingerprint density at radius 3 is 2.88 bits per heavy atom. The summed E-state index contributed by atoms with van der Waals surface area (Å²) in [6.07, 6.45) is 2.04. The molecular formula is C18H21N5O3. The number of ether oxygens (including phenoxy) is 1. The molecule has 3 heterocycles. The number of benzene rings is 1. The topological polar surface area (TPSA) is 95.1 Å². The number of nitrogens with one attached hydrogen (secondary N) is 1. The number of fused-ring (bicyclic) bond motifs is 1. The van der Waals surface area contributed by atoms with E-state index in [-0.39, 0.29) is 12.5 Å². The van der Waals surface area contributed by atoms with E-state index in [1.54, 1.807) is 6.92 Å². The minimum Gasteiger partial charge on any atom is -0.381 e. The zero-order valence-corrected chi connectivity index (χ0v) is 14.6. The van der Waals surface area contributed by atoms with Crippen LogP contribution in [-0.4, -0.2) is 39.0 Å². The lowest BCUT2D eigenvalue weighted by Crippen LogP contribution is -2.24. The van der Waals surface area contributed by atoms with Gasteiger partial charge in [0.2, 0.25) is 5.89 Å². The van der Waals surface area contributed by atoms with Crippen LogP contribution in [-0.2, 0) is 17.8 Å². The molecule has 0 bridgehead atoms. The number of carbonyl (C=O) groups is 1. The summed E-state index contributed by atoms with van der Waals surface area (Å²) in [5.74, 6) is 1.19. The van der Waals surface area contributed by atoms with Crippen LogP contribution in [0.5, 0.6) is 0 Å². The molecule has 3 aromatic rings. The average molecular weight is 355 g/mol. The van der Waals surface area contributed by atoms with E-state index >= 15 is 0 Å². The summed E-state index contributed by atoms with van der Waals surface area (Å²) in [7, 11) is 0. The first-order valence-corrected chi connectivity index (χ1v) is 8.81. The molecule has 1 N–H and O–H groups in total. The van der Waals surface area contributed by atoms with E-state index in [9.17, 15) is 4.79 Å². The van der Waals surface area contributed by atoms with Gasteiger partial charge in [-0.2, -0.15) is 10.1 Å². The van der Waals surface area contributed by atoms with Gasteiger partial charge in [0.15, 0.2) is 11.5 Å². The number of carbonyl (C=O) groups excluding carboxylic acids is 1. The van der Waals surface area contributed by atoms with E-state index in [1.807, 2.05) is 28.9 Å². The molecule has 26 heavy (non-hydrogen) atoms. The molecule has 4 rings (SSSR count). The quantitative estimate of drug-likeness (QED) is 0.753. The Balaban J connectivity index is 1.55. The standard InChI is InChI=1S/C18H21N5O3/c1-12-20-16(26-22-12)10-19-18(24)17-14-4-2-3-5-15(14)23(21-17)11-13-6-8-25-9-7-13/h2-5,13H,6-11H2,1H3,(H,19,24). The van der Waals surface area contributed by atoms with Crippen LogP contribution in [0.25, 0.3) is 10.9 Å². The van der Waals surface area contributed by atoms with Crippen LogP contribution in [0.4, 0.5) is 0 Å². The van der Waals surface area contributed by atoms with Gasteiger partial charge >= 0.3 is 0 Å². The number of para-hydroxylation sites is 1. The minimum atomic E-state index is -0.247. The fraction of sp³-hybridized carbons (Fsp3) is 0.444. The molecule has 8 nitrogen and oxygen atoms in total. The summed E-state index contributed by atoms with van der Waals surface area (Å²) >= 11 is 0. The molecule has 2 aromatic heterocycles. The summed E-state index contributed by atoms with van der Waals surface area (Å²) in [5.41, 5.74) is 1.39. The van der Waals surface area contributed by atoms with Gasteiger partial charge in [-0.1, -0.05) is 23.4 Å². The zero-order chi connectivity index (χ0) is 17.9. The monoisotopic (exact) mass is 355 g/mol. The van der Waals surface area contributed by atoms with Gasteiger partial charge in [0, 0.05) is 25.1 Å². The number of amides is 1. The summed E-state index contributed by atoms with van der Waals surface area (Å²) < 4.78 is 12.4. The van der Waals surface area contributed by atoms with Crippen molar-refractivity contribution in [1.29, 1.82) is 0 Å². The molecule has 1 aliphatic heterocycles. The van der Waals surface area contributed by atoms with E-state index < -0.39 is 0 Å². The molecule has 0 spiro atoms. The highest BCUT2D eigenvalue weighted by Gasteiger charge is 2.21. The molecule has 1 fully saturated rings. The first kappa shape index (κ1) is 16.7. The Morgan fingerprint density at radius 1 is 1.31 bits per heavy atom. The van der Waals surface area contributed by atoms with Crippen molar-refractivity contribution in [3.63, 3.8) is 0 Å². The maximum Gasteiger partial charge on any atom is 0.272 e. The largest absolute Gasteiger partial charge is 0.381 e. The van der Waals surface area contributed by atoms with E-state index in [0.29, 0.717) is 23.3 Å². The third-order valence-electron chi connectivity index (χ3n) is 4.61. The van der Waals surface area contributed by atoms with Crippen LogP contribution in [0.2, 0.25) is 0 Å². The van der Waals surface area contributed by atoms with Gasteiger partial charge in [-0.05, 0) is 31.7 Å². The lowest BCUT2D eigenvalue weighted by Gasteiger charge is -2.22. The van der Waals surface area contributed by atoms with Gasteiger partial charge < -0.3 is 14.6 Å². The molecule has 0 aliphatic carbocycles. The van der Waals surface area contributed by atoms with Crippen LogP contribution in [0.1, 0.15) is 35.0 Å². The number of rotatable bonds is 5. The van der Waals surface area contributed by atoms with Crippen LogP contribution in [0.15, 0.2) is 28.8 Å². The SMILES string of the molecule is Cc1noc(CNC(=O)c2nn(CC3CCOCC3)c3ccccc23)n1. The molecule has 0 radical (unpaired) electrons. The van der Waals surface area contributed by atoms with Crippen LogP contribution in [0, 0.1) is 12.8 Å². The Kier molecular flexibility index (Phi) is 4.66. The van der Waals surface area contributed by atoms with Crippen molar-refractivity contribution in [3.05, 3.63) is 41.7 Å². The lowest BCUT2D eigenvalue weighted by atomic mass is 10.0. The number of nitrogens with zero attached hydrogens (tertiary/aromatic N) is 4. The normalized spacial score (nSPS) is 15.4. The maximum atomic E-state index is 12.6. The number of aromatic nitrogens is 4. The van der Waals surface area contributed by atoms with E-state index in [2.05, 4.69) is 20.6 Å². The van der Waals surface area contributed by atoms with Crippen molar-refractivity contribution in [3.8, 4) is 0 Å². The van der Waals surface area contributed by atoms with Crippen molar-refractivity contribution in [2.24, 2.45) is 5.92 Å². The highest BCUT2D eigenvalue weighted by molar-refractivity contribution is 6.04. The van der Waals surface area contributed by atoms with Crippen LogP contribution < -0.4 is 5.32 Å². The lowest BCUT2D eigenvalue weighted by molar-refractivity contribution is 0.0604. The average Bonchev–Trinajstić information content (AvgIpc) is 3.25. The van der Waals surface area contributed by atoms with Crippen molar-refractivity contribution in [1.82, 2.24) is 25.2 Å². The van der Waals surface area contributed by atoms with Gasteiger partial charge in [0.1, 0.15) is 0 Å². The predicted molar refractivity (Wildman–Crippen MR) is 93.5 cm³/mol. The van der Waals surface area contributed by atoms with E-state index in [4.69, 9.17) is 9.26 Å². The van der Waals surface area contributed by atoms with Gasteiger partial charge in [-0.25, -0.2) is 0 Å². The third kappa shape index (κ3) is 3.45. The molecule has 0 atom stereocenters. The molecule has 136 valence electrons. The number of hydrogen-bond donors (Lipinski definition) is 1. The van der Waals surface area contributed by atoms with E-state index in [0.717, 1.165) is 43.5 Å². The Hall–Kier alpha value is -2.74. The Morgan fingerprint density at radius 2 is 2.12 bits per heavy atom. The molecule has 1 amide bonds. The van der Waals surface area contributed by atoms with Gasteiger partial charge in [-0.3, -0.25) is 9.48 Å². The molecule has 1 aromatic carbocycles. The second kappa shape index (κ2) is 7.25. The summed E-state index contributed by atoms with van der Waals surface area (Å²) in [6, 6.07) is 7.81. The smallest absolute Gasteiger partial charge is 0.272 e. The number of aryl methyl sites for hydroxylation is 1. The summed E-state index contributed by atoms with van der Waals surface area (Å²) in [5, 5.41) is 12.0. The van der Waals surface area contributed by atoms with Gasteiger partial charge in [-0.15, -0.1) is 0 Å². The predicted octanol–water partition coefficient (Wildman–Crippen LogP) is 2.08. The maximum absolute atomic E-state index is 12.6. The fourth-order valence-electron chi connectivity index (χ4n) is 3.26. The Bertz CT molecular complexity index is 911. The summed E-state index contributed by atoms with van der Waals surface area (Å²) in [6.45, 7) is 4.29. The first-order chi connectivity index (χ1) is 12.7. The zero-order valence-electron chi connectivity index (χ0n) is 14.6. The molecule has 0 saturated carbocycles. The highest BCUT2D eigenvalue weighted by atomic mass is 16.5. The highest BCUT2D eigenvalue weighted by Crippen LogP contribution is 2.23. The van der Waals surface area contributed by atoms with Crippen molar-refractivity contribution < 1.29 is 14.1 Å². The fourth-order valence-corrected chi connectivity index (χ4v) is 3.26. The second-order valence-corrected chi connectivity index (χ2v) is 6.52. The molecule has 1 aliphatic rings. The summed E-state index contributed by atoms with van der Waals surface area (Å²) in [4.78, 5) is 16.7. The minimum absolute atomic E-state index is 0.181. The van der Waals surface area contributed by atoms with Crippen LogP contribution >= 0.6 is 0 Å². The van der Waals surface area contributed by atoms with Crippen molar-refractivity contribution >= 4 is 16.8 Å². The molecule has 8 heteroatoms. The second-order valence-electron chi connectivity index (χ2n) is 6.52. The molecular weight excluding hydrogens is 334 g/mol.